The van der Waals surface area contributed by atoms with Gasteiger partial charge in [-0.3, -0.25) is 0 Å². The van der Waals surface area contributed by atoms with Crippen LogP contribution in [0, 0.1) is 0 Å². The lowest BCUT2D eigenvalue weighted by Gasteiger charge is -2.35. The summed E-state index contributed by atoms with van der Waals surface area (Å²) in [7, 11) is 0. The van der Waals surface area contributed by atoms with Crippen LogP contribution in [0.25, 0.3) is 0 Å². The van der Waals surface area contributed by atoms with E-state index >= 15 is 0 Å². The van der Waals surface area contributed by atoms with Crippen LogP contribution >= 0.6 is 0 Å². The number of piperidine rings is 1. The van der Waals surface area contributed by atoms with Crippen LogP contribution in [0.1, 0.15) is 18.4 Å². The first-order chi connectivity index (χ1) is 7.30. The molecule has 3 rings (SSSR count). The highest BCUT2D eigenvalue weighted by molar-refractivity contribution is 5.60. The molecule has 1 spiro atoms. The van der Waals surface area contributed by atoms with Crippen molar-refractivity contribution in [2.75, 3.05) is 25.0 Å². The zero-order valence-electron chi connectivity index (χ0n) is 8.67. The summed E-state index contributed by atoms with van der Waals surface area (Å²) in [4.78, 5) is 0. The molecule has 1 aromatic rings. The van der Waals surface area contributed by atoms with Gasteiger partial charge in [0.05, 0.1) is 0 Å². The van der Waals surface area contributed by atoms with Crippen LogP contribution in [0.15, 0.2) is 24.3 Å². The topological polar surface area (TPSA) is 15.3 Å². The number of anilines is 1. The Morgan fingerprint density at radius 1 is 1.20 bits per heavy atom. The Labute approximate surface area is 89.0 Å². The molecule has 1 saturated heterocycles. The molecule has 0 aliphatic carbocycles. The fourth-order valence-electron chi connectivity index (χ4n) is 2.81. The van der Waals surface area contributed by atoms with Crippen molar-refractivity contribution in [2.24, 2.45) is 0 Å². The van der Waals surface area contributed by atoms with E-state index < -0.39 is 0 Å². The number of halogens is 1. The molecule has 0 unspecified atom stereocenters. The average Bonchev–Trinajstić information content (AvgIpc) is 2.63. The van der Waals surface area contributed by atoms with Gasteiger partial charge in [0.25, 0.3) is 0 Å². The summed E-state index contributed by atoms with van der Waals surface area (Å²) in [6, 6.07) is 8.43. The SMILES string of the molecule is FN1CCC2(CC1)CNc1ccccc12. The first kappa shape index (κ1) is 9.16. The minimum Gasteiger partial charge on any atom is -0.384 e. The van der Waals surface area contributed by atoms with Gasteiger partial charge < -0.3 is 5.32 Å². The van der Waals surface area contributed by atoms with Crippen molar-refractivity contribution in [1.82, 2.24) is 5.12 Å². The van der Waals surface area contributed by atoms with Gasteiger partial charge in [-0.15, -0.1) is 9.60 Å². The summed E-state index contributed by atoms with van der Waals surface area (Å²) in [6.45, 7) is 2.10. The maximum absolute atomic E-state index is 13.0. The van der Waals surface area contributed by atoms with E-state index in [1.165, 1.54) is 11.3 Å². The molecule has 0 saturated carbocycles. The fourth-order valence-corrected chi connectivity index (χ4v) is 2.81. The van der Waals surface area contributed by atoms with Crippen molar-refractivity contribution in [3.8, 4) is 0 Å². The van der Waals surface area contributed by atoms with E-state index in [2.05, 4.69) is 29.6 Å². The molecule has 2 aliphatic rings. The summed E-state index contributed by atoms with van der Waals surface area (Å²) in [5.41, 5.74) is 2.82. The van der Waals surface area contributed by atoms with Gasteiger partial charge in [-0.05, 0) is 24.5 Å². The number of rotatable bonds is 0. The minimum atomic E-state index is 0.194. The van der Waals surface area contributed by atoms with E-state index in [0.717, 1.165) is 24.5 Å². The predicted octanol–water partition coefficient (Wildman–Crippen LogP) is 2.33. The molecule has 0 radical (unpaired) electrons. The van der Waals surface area contributed by atoms with Crippen molar-refractivity contribution < 1.29 is 4.48 Å². The first-order valence-corrected chi connectivity index (χ1v) is 5.54. The Bertz CT molecular complexity index is 370. The zero-order chi connectivity index (χ0) is 10.3. The highest BCUT2D eigenvalue weighted by Crippen LogP contribution is 2.43. The molecule has 1 fully saturated rings. The van der Waals surface area contributed by atoms with Gasteiger partial charge in [0.2, 0.25) is 0 Å². The number of nitrogens with zero attached hydrogens (tertiary/aromatic N) is 1. The predicted molar refractivity (Wildman–Crippen MR) is 58.5 cm³/mol. The highest BCUT2D eigenvalue weighted by atomic mass is 19.2. The molecular formula is C12H15FN2. The monoisotopic (exact) mass is 206 g/mol. The van der Waals surface area contributed by atoms with E-state index in [1.807, 2.05) is 0 Å². The third-order valence-corrected chi connectivity index (χ3v) is 3.78. The van der Waals surface area contributed by atoms with Crippen LogP contribution in [-0.2, 0) is 5.41 Å². The maximum atomic E-state index is 13.0. The van der Waals surface area contributed by atoms with Gasteiger partial charge in [0.15, 0.2) is 0 Å². The smallest absolute Gasteiger partial charge is 0.0379 e. The fraction of sp³-hybridized carbons (Fsp3) is 0.500. The molecule has 15 heavy (non-hydrogen) atoms. The Kier molecular flexibility index (Phi) is 1.96. The van der Waals surface area contributed by atoms with Gasteiger partial charge in [-0.1, -0.05) is 18.2 Å². The second kappa shape index (κ2) is 3.20. The zero-order valence-corrected chi connectivity index (χ0v) is 8.67. The molecule has 80 valence electrons. The Morgan fingerprint density at radius 2 is 1.93 bits per heavy atom. The van der Waals surface area contributed by atoms with E-state index in [0.29, 0.717) is 13.1 Å². The van der Waals surface area contributed by atoms with Crippen LogP contribution in [-0.4, -0.2) is 24.8 Å². The van der Waals surface area contributed by atoms with Crippen LogP contribution in [0.3, 0.4) is 0 Å². The number of nitrogens with one attached hydrogen (secondary N) is 1. The normalized spacial score (nSPS) is 23.8. The molecular weight excluding hydrogens is 191 g/mol. The van der Waals surface area contributed by atoms with Gasteiger partial charge in [0.1, 0.15) is 0 Å². The molecule has 2 nitrogen and oxygen atoms in total. The molecule has 3 heteroatoms. The number of benzene rings is 1. The largest absolute Gasteiger partial charge is 0.384 e. The molecule has 0 amide bonds. The molecule has 2 aliphatic heterocycles. The van der Waals surface area contributed by atoms with Gasteiger partial charge in [-0.2, -0.15) is 0 Å². The third-order valence-electron chi connectivity index (χ3n) is 3.78. The van der Waals surface area contributed by atoms with Gasteiger partial charge >= 0.3 is 0 Å². The number of para-hydroxylation sites is 1. The van der Waals surface area contributed by atoms with E-state index in [-0.39, 0.29) is 5.41 Å². The third kappa shape index (κ3) is 1.34. The Balaban J connectivity index is 1.95. The standard InChI is InChI=1S/C12H15FN2/c13-15-7-5-12(6-8-15)9-14-11-4-2-1-3-10(11)12/h1-4,14H,5-9H2. The van der Waals surface area contributed by atoms with Crippen molar-refractivity contribution in [2.45, 2.75) is 18.3 Å². The van der Waals surface area contributed by atoms with Gasteiger partial charge in [-0.25, -0.2) is 0 Å². The summed E-state index contributed by atoms with van der Waals surface area (Å²) in [5.74, 6) is 0. The maximum Gasteiger partial charge on any atom is 0.0379 e. The van der Waals surface area contributed by atoms with Crippen molar-refractivity contribution in [3.05, 3.63) is 29.8 Å². The highest BCUT2D eigenvalue weighted by Gasteiger charge is 2.41. The first-order valence-electron chi connectivity index (χ1n) is 5.54. The van der Waals surface area contributed by atoms with E-state index in [4.69, 9.17) is 0 Å². The number of hydrogen-bond donors (Lipinski definition) is 1. The van der Waals surface area contributed by atoms with Crippen LogP contribution < -0.4 is 5.32 Å². The van der Waals surface area contributed by atoms with E-state index in [9.17, 15) is 4.48 Å². The second-order valence-corrected chi connectivity index (χ2v) is 4.59. The van der Waals surface area contributed by atoms with Crippen molar-refractivity contribution in [3.63, 3.8) is 0 Å². The van der Waals surface area contributed by atoms with Crippen molar-refractivity contribution >= 4 is 5.69 Å². The van der Waals surface area contributed by atoms with Crippen LogP contribution in [0.4, 0.5) is 10.2 Å². The van der Waals surface area contributed by atoms with Crippen molar-refractivity contribution in [1.29, 1.82) is 0 Å². The molecule has 1 N–H and O–H groups in total. The molecule has 1 aromatic carbocycles. The van der Waals surface area contributed by atoms with Gasteiger partial charge in [0, 0.05) is 30.7 Å². The quantitative estimate of drug-likeness (QED) is 0.655. The summed E-state index contributed by atoms with van der Waals surface area (Å²) >= 11 is 0. The lowest BCUT2D eigenvalue weighted by Crippen LogP contribution is -2.40. The van der Waals surface area contributed by atoms with E-state index in [1.54, 1.807) is 0 Å². The molecule has 0 atom stereocenters. The average molecular weight is 206 g/mol. The second-order valence-electron chi connectivity index (χ2n) is 4.59. The van der Waals surface area contributed by atoms with Crippen LogP contribution in [0.5, 0.6) is 0 Å². The Morgan fingerprint density at radius 3 is 2.73 bits per heavy atom. The summed E-state index contributed by atoms with van der Waals surface area (Å²) < 4.78 is 13.0. The Hall–Kier alpha value is -1.09. The molecule has 0 bridgehead atoms. The number of hydrogen-bond acceptors (Lipinski definition) is 2. The molecule has 2 heterocycles. The lowest BCUT2D eigenvalue weighted by atomic mass is 9.75. The number of fused-ring (bicyclic) bond motifs is 2. The summed E-state index contributed by atoms with van der Waals surface area (Å²) in [5, 5.41) is 4.37. The summed E-state index contributed by atoms with van der Waals surface area (Å²) in [6.07, 6.45) is 1.85. The van der Waals surface area contributed by atoms with Crippen LogP contribution in [0.2, 0.25) is 0 Å². The minimum absolute atomic E-state index is 0.194. The lowest BCUT2D eigenvalue weighted by molar-refractivity contribution is -0.0135. The molecule has 0 aromatic heterocycles.